The fraction of sp³-hybridized carbons (Fsp3) is 0.558. The van der Waals surface area contributed by atoms with Crippen LogP contribution in [0.15, 0.2) is 69.6 Å². The Bertz CT molecular complexity index is 1660. The average molecular weight is 711 g/mol. The van der Waals surface area contributed by atoms with Crippen LogP contribution in [0.1, 0.15) is 128 Å². The Labute approximate surface area is 312 Å². The fourth-order valence-corrected chi connectivity index (χ4v) is 6.70. The second-order valence-electron chi connectivity index (χ2n) is 14.0. The highest BCUT2D eigenvalue weighted by atomic mass is 16.3. The molecule has 0 saturated heterocycles. The Morgan fingerprint density at radius 3 is 2.10 bits per heavy atom. The molecule has 0 aliphatic rings. The number of hydrogen-bond acceptors (Lipinski definition) is 7. The summed E-state index contributed by atoms with van der Waals surface area (Å²) in [6.45, 7) is 15.3. The first-order valence-electron chi connectivity index (χ1n) is 19.8. The summed E-state index contributed by atoms with van der Waals surface area (Å²) < 4.78 is 1.28. The molecule has 0 aliphatic heterocycles. The SMILES string of the molecule is CCCCNC(CC)CN(CC(CC)CCCC)C(=O)c1ccccc1N=Nc1c(-c2ccccc2)c(C#N)c(O)n(CC(CC)CCCC)c1=O. The van der Waals surface area contributed by atoms with Gasteiger partial charge in [0.25, 0.3) is 11.5 Å². The van der Waals surface area contributed by atoms with Gasteiger partial charge in [-0.15, -0.1) is 10.2 Å². The Kier molecular flexibility index (Phi) is 18.3. The van der Waals surface area contributed by atoms with Crippen molar-refractivity contribution >= 4 is 17.3 Å². The molecule has 0 spiro atoms. The normalized spacial score (nSPS) is 13.2. The van der Waals surface area contributed by atoms with Crippen LogP contribution in [0.2, 0.25) is 0 Å². The molecular formula is C43H62N6O3. The second kappa shape index (κ2) is 22.6. The predicted octanol–water partition coefficient (Wildman–Crippen LogP) is 10.6. The molecule has 9 heteroatoms. The van der Waals surface area contributed by atoms with Crippen molar-refractivity contribution in [3.63, 3.8) is 0 Å². The Hall–Kier alpha value is -4.29. The van der Waals surface area contributed by atoms with Crippen molar-refractivity contribution in [1.82, 2.24) is 14.8 Å². The molecule has 0 fully saturated rings. The minimum Gasteiger partial charge on any atom is -0.493 e. The number of aromatic nitrogens is 1. The fourth-order valence-electron chi connectivity index (χ4n) is 6.70. The number of unbranched alkanes of at least 4 members (excludes halogenated alkanes) is 3. The summed E-state index contributed by atoms with van der Waals surface area (Å²) in [4.78, 5) is 30.8. The van der Waals surface area contributed by atoms with Gasteiger partial charge in [-0.05, 0) is 61.8 Å². The molecule has 3 atom stereocenters. The molecule has 3 rings (SSSR count). The van der Waals surface area contributed by atoms with E-state index in [1.165, 1.54) is 4.57 Å². The molecule has 1 heterocycles. The second-order valence-corrected chi connectivity index (χ2v) is 14.0. The molecule has 1 aromatic heterocycles. The molecule has 2 N–H and O–H groups in total. The number of rotatable bonds is 23. The summed E-state index contributed by atoms with van der Waals surface area (Å²) in [6.07, 6.45) is 11.1. The van der Waals surface area contributed by atoms with Crippen LogP contribution >= 0.6 is 0 Å². The van der Waals surface area contributed by atoms with Crippen LogP contribution in [-0.2, 0) is 6.54 Å². The number of nitriles is 1. The number of carbonyl (C=O) groups excluding carboxylic acids is 1. The summed E-state index contributed by atoms with van der Waals surface area (Å²) in [5, 5.41) is 34.5. The minimum absolute atomic E-state index is 0.0282. The van der Waals surface area contributed by atoms with Gasteiger partial charge in [0.15, 0.2) is 5.69 Å². The topological polar surface area (TPSA) is 123 Å². The first-order chi connectivity index (χ1) is 25.3. The third-order valence-electron chi connectivity index (χ3n) is 10.2. The smallest absolute Gasteiger partial charge is 0.281 e. The van der Waals surface area contributed by atoms with Gasteiger partial charge in [0.2, 0.25) is 5.88 Å². The van der Waals surface area contributed by atoms with Crippen molar-refractivity contribution in [3.8, 4) is 23.1 Å². The summed E-state index contributed by atoms with van der Waals surface area (Å²) >= 11 is 0. The van der Waals surface area contributed by atoms with E-state index in [2.05, 4.69) is 63.2 Å². The van der Waals surface area contributed by atoms with E-state index in [0.29, 0.717) is 35.8 Å². The zero-order chi connectivity index (χ0) is 37.9. The highest BCUT2D eigenvalue weighted by Crippen LogP contribution is 2.37. The molecule has 9 nitrogen and oxygen atoms in total. The Morgan fingerprint density at radius 2 is 1.48 bits per heavy atom. The molecule has 0 radical (unpaired) electrons. The zero-order valence-electron chi connectivity index (χ0n) is 32.5. The van der Waals surface area contributed by atoms with Crippen LogP contribution < -0.4 is 10.9 Å². The van der Waals surface area contributed by atoms with E-state index in [-0.39, 0.29) is 47.1 Å². The maximum absolute atomic E-state index is 14.5. The van der Waals surface area contributed by atoms with E-state index < -0.39 is 5.56 Å². The standard InChI is InChI=1S/C43H62N6O3/c1-7-13-21-32(10-4)29-48(31-35(12-6)45-27-15-9-3)41(50)36-25-19-20-26-38(36)46-47-40-39(34-23-17-16-18-24-34)37(28-44)42(51)49(43(40)52)30-33(11-5)22-14-8-2/h16-20,23-26,32-33,35,45,51H,7-15,21-22,27,29-31H2,1-6H3. The van der Waals surface area contributed by atoms with Crippen molar-refractivity contribution in [1.29, 1.82) is 5.26 Å². The third kappa shape index (κ3) is 11.6. The molecule has 3 aromatic rings. The number of azo groups is 1. The summed E-state index contributed by atoms with van der Waals surface area (Å²) in [5.74, 6) is 0.0342. The lowest BCUT2D eigenvalue weighted by Crippen LogP contribution is -2.45. The van der Waals surface area contributed by atoms with Crippen molar-refractivity contribution < 1.29 is 9.90 Å². The van der Waals surface area contributed by atoms with E-state index in [1.54, 1.807) is 30.3 Å². The molecule has 1 amide bonds. The third-order valence-corrected chi connectivity index (χ3v) is 10.2. The lowest BCUT2D eigenvalue weighted by Gasteiger charge is -2.31. The quantitative estimate of drug-likeness (QED) is 0.0749. The number of nitrogens with one attached hydrogen (secondary N) is 1. The van der Waals surface area contributed by atoms with Gasteiger partial charge in [-0.3, -0.25) is 14.2 Å². The number of amides is 1. The number of benzene rings is 2. The molecule has 282 valence electrons. The minimum atomic E-state index is -0.523. The number of hydrogen-bond donors (Lipinski definition) is 2. The number of pyridine rings is 1. The Morgan fingerprint density at radius 1 is 0.846 bits per heavy atom. The number of nitrogens with zero attached hydrogens (tertiary/aromatic N) is 5. The van der Waals surface area contributed by atoms with Crippen molar-refractivity contribution in [2.45, 2.75) is 125 Å². The van der Waals surface area contributed by atoms with Gasteiger partial charge >= 0.3 is 0 Å². The van der Waals surface area contributed by atoms with Crippen molar-refractivity contribution in [2.75, 3.05) is 19.6 Å². The van der Waals surface area contributed by atoms with Crippen LogP contribution in [0.4, 0.5) is 11.4 Å². The lowest BCUT2D eigenvalue weighted by atomic mass is 9.97. The van der Waals surface area contributed by atoms with Gasteiger partial charge in [-0.25, -0.2) is 0 Å². The van der Waals surface area contributed by atoms with Gasteiger partial charge < -0.3 is 15.3 Å². The molecule has 3 unspecified atom stereocenters. The van der Waals surface area contributed by atoms with Gasteiger partial charge in [0.1, 0.15) is 11.6 Å². The summed E-state index contributed by atoms with van der Waals surface area (Å²) in [7, 11) is 0. The first-order valence-corrected chi connectivity index (χ1v) is 19.8. The largest absolute Gasteiger partial charge is 0.493 e. The number of aromatic hydroxyl groups is 1. The van der Waals surface area contributed by atoms with Gasteiger partial charge in [-0.2, -0.15) is 5.26 Å². The summed E-state index contributed by atoms with van der Waals surface area (Å²) in [5.41, 5.74) is 0.957. The van der Waals surface area contributed by atoms with E-state index >= 15 is 0 Å². The monoisotopic (exact) mass is 710 g/mol. The number of carbonyl (C=O) groups is 1. The highest BCUT2D eigenvalue weighted by molar-refractivity contribution is 5.99. The molecule has 0 aliphatic carbocycles. The molecule has 0 bridgehead atoms. The van der Waals surface area contributed by atoms with Gasteiger partial charge in [0, 0.05) is 31.2 Å². The van der Waals surface area contributed by atoms with Crippen molar-refractivity contribution in [3.05, 3.63) is 76.1 Å². The van der Waals surface area contributed by atoms with Crippen molar-refractivity contribution in [2.24, 2.45) is 22.1 Å². The van der Waals surface area contributed by atoms with Crippen LogP contribution in [-0.4, -0.2) is 46.2 Å². The van der Waals surface area contributed by atoms with E-state index in [1.807, 2.05) is 29.2 Å². The maximum Gasteiger partial charge on any atom is 0.281 e. The van der Waals surface area contributed by atoms with Crippen LogP contribution in [0.25, 0.3) is 11.1 Å². The van der Waals surface area contributed by atoms with Crippen LogP contribution in [0, 0.1) is 23.2 Å². The van der Waals surface area contributed by atoms with Gasteiger partial charge in [-0.1, -0.05) is 129 Å². The molecule has 2 aromatic carbocycles. The Balaban J connectivity index is 2.16. The van der Waals surface area contributed by atoms with E-state index in [0.717, 1.165) is 77.2 Å². The van der Waals surface area contributed by atoms with Crippen LogP contribution in [0.5, 0.6) is 5.88 Å². The highest BCUT2D eigenvalue weighted by Gasteiger charge is 2.27. The molecule has 0 saturated carbocycles. The summed E-state index contributed by atoms with van der Waals surface area (Å²) in [6, 6.07) is 18.5. The van der Waals surface area contributed by atoms with Gasteiger partial charge in [0.05, 0.1) is 11.3 Å². The molecular weight excluding hydrogens is 649 g/mol. The zero-order valence-corrected chi connectivity index (χ0v) is 32.5. The first kappa shape index (κ1) is 42.1. The van der Waals surface area contributed by atoms with Crippen LogP contribution in [0.3, 0.4) is 0 Å². The molecule has 52 heavy (non-hydrogen) atoms. The predicted molar refractivity (Wildman–Crippen MR) is 213 cm³/mol. The maximum atomic E-state index is 14.5. The van der Waals surface area contributed by atoms with E-state index in [4.69, 9.17) is 0 Å². The lowest BCUT2D eigenvalue weighted by molar-refractivity contribution is 0.0702. The average Bonchev–Trinajstić information content (AvgIpc) is 3.17. The van der Waals surface area contributed by atoms with E-state index in [9.17, 15) is 20.0 Å².